The average Bonchev–Trinajstić information content (AvgIpc) is 2.85. The Labute approximate surface area is 202 Å². The number of rotatable bonds is 7. The minimum Gasteiger partial charge on any atom is -0.495 e. The first-order valence-electron chi connectivity index (χ1n) is 10.5. The summed E-state index contributed by atoms with van der Waals surface area (Å²) < 4.78 is 10.6. The molecule has 3 aromatic carbocycles. The summed E-state index contributed by atoms with van der Waals surface area (Å²) >= 11 is 6.16. The van der Waals surface area contributed by atoms with E-state index in [0.29, 0.717) is 45.1 Å². The number of ether oxygens (including phenoxy) is 2. The number of anilines is 3. The number of aromatic nitrogens is 2. The van der Waals surface area contributed by atoms with Gasteiger partial charge in [0.2, 0.25) is 0 Å². The molecule has 172 valence electrons. The summed E-state index contributed by atoms with van der Waals surface area (Å²) in [6.45, 7) is 1.84. The van der Waals surface area contributed by atoms with Gasteiger partial charge < -0.3 is 20.1 Å². The summed E-state index contributed by atoms with van der Waals surface area (Å²) in [5.41, 5.74) is 3.43. The molecule has 1 heterocycles. The lowest BCUT2D eigenvalue weighted by molar-refractivity contribution is 0.102. The van der Waals surface area contributed by atoms with Crippen LogP contribution in [0.1, 0.15) is 16.2 Å². The molecule has 4 rings (SSSR count). The number of hydrogen-bond acceptors (Lipinski definition) is 6. The SMILES string of the molecule is COc1cc(NC(=O)c2cccc(Nc3cc(-c4ccccc4)nc(C)n3)c2)c(OC)cc1Cl. The van der Waals surface area contributed by atoms with Crippen LogP contribution in [0.4, 0.5) is 17.2 Å². The molecular formula is C26H23ClN4O3. The highest BCUT2D eigenvalue weighted by Gasteiger charge is 2.14. The van der Waals surface area contributed by atoms with Crippen LogP contribution in [-0.4, -0.2) is 30.1 Å². The van der Waals surface area contributed by atoms with E-state index >= 15 is 0 Å². The Morgan fingerprint density at radius 3 is 2.38 bits per heavy atom. The van der Waals surface area contributed by atoms with Crippen LogP contribution in [0.25, 0.3) is 11.3 Å². The van der Waals surface area contributed by atoms with Crippen molar-refractivity contribution in [1.29, 1.82) is 0 Å². The first-order valence-corrected chi connectivity index (χ1v) is 10.9. The third kappa shape index (κ3) is 5.27. The zero-order valence-corrected chi connectivity index (χ0v) is 19.7. The summed E-state index contributed by atoms with van der Waals surface area (Å²) in [4.78, 5) is 22.0. The van der Waals surface area contributed by atoms with Crippen molar-refractivity contribution >= 4 is 34.7 Å². The highest BCUT2D eigenvalue weighted by molar-refractivity contribution is 6.32. The minimum absolute atomic E-state index is 0.310. The van der Waals surface area contributed by atoms with Crippen molar-refractivity contribution in [3.8, 4) is 22.8 Å². The highest BCUT2D eigenvalue weighted by Crippen LogP contribution is 2.36. The summed E-state index contributed by atoms with van der Waals surface area (Å²) in [6, 6.07) is 22.1. The molecule has 0 saturated heterocycles. The van der Waals surface area contributed by atoms with Crippen LogP contribution in [-0.2, 0) is 0 Å². The summed E-state index contributed by atoms with van der Waals surface area (Å²) in [7, 11) is 3.01. The predicted molar refractivity (Wildman–Crippen MR) is 134 cm³/mol. The Bertz CT molecular complexity index is 1330. The standard InChI is InChI=1S/C26H23ClN4O3/c1-16-28-21(17-8-5-4-6-9-17)15-25(29-16)30-19-11-7-10-18(12-19)26(32)31-22-14-23(33-2)20(27)13-24(22)34-3/h4-15H,1-3H3,(H,31,32)(H,28,29,30). The number of hydrogen-bond donors (Lipinski definition) is 2. The van der Waals surface area contributed by atoms with E-state index in [1.165, 1.54) is 14.2 Å². The molecule has 0 saturated carbocycles. The lowest BCUT2D eigenvalue weighted by atomic mass is 10.1. The molecule has 0 aliphatic rings. The van der Waals surface area contributed by atoms with E-state index in [-0.39, 0.29) is 5.91 Å². The number of carbonyl (C=O) groups excluding carboxylic acids is 1. The van der Waals surface area contributed by atoms with Crippen molar-refractivity contribution in [2.24, 2.45) is 0 Å². The Kier molecular flexibility index (Phi) is 6.94. The van der Waals surface area contributed by atoms with Crippen LogP contribution in [0.5, 0.6) is 11.5 Å². The van der Waals surface area contributed by atoms with Crippen LogP contribution in [0, 0.1) is 6.92 Å². The van der Waals surface area contributed by atoms with Crippen LogP contribution < -0.4 is 20.1 Å². The Balaban J connectivity index is 1.56. The van der Waals surface area contributed by atoms with Gasteiger partial charge in [-0.05, 0) is 25.1 Å². The third-order valence-corrected chi connectivity index (χ3v) is 5.32. The van der Waals surface area contributed by atoms with E-state index in [1.807, 2.05) is 49.4 Å². The van der Waals surface area contributed by atoms with Gasteiger partial charge in [0.25, 0.3) is 5.91 Å². The van der Waals surface area contributed by atoms with Crippen molar-refractivity contribution in [2.45, 2.75) is 6.92 Å². The molecule has 0 fully saturated rings. The molecule has 0 atom stereocenters. The molecule has 8 heteroatoms. The van der Waals surface area contributed by atoms with E-state index in [2.05, 4.69) is 20.6 Å². The van der Waals surface area contributed by atoms with Crippen molar-refractivity contribution in [2.75, 3.05) is 24.9 Å². The number of methoxy groups -OCH3 is 2. The van der Waals surface area contributed by atoms with Crippen molar-refractivity contribution < 1.29 is 14.3 Å². The van der Waals surface area contributed by atoms with E-state index in [9.17, 15) is 4.79 Å². The quantitative estimate of drug-likeness (QED) is 0.335. The maximum absolute atomic E-state index is 13.0. The van der Waals surface area contributed by atoms with Gasteiger partial charge in [-0.25, -0.2) is 9.97 Å². The molecule has 0 radical (unpaired) electrons. The zero-order chi connectivity index (χ0) is 24.1. The van der Waals surface area contributed by atoms with E-state index in [1.54, 1.807) is 30.3 Å². The minimum atomic E-state index is -0.310. The van der Waals surface area contributed by atoms with Gasteiger partial charge >= 0.3 is 0 Å². The first-order chi connectivity index (χ1) is 16.5. The fourth-order valence-corrected chi connectivity index (χ4v) is 3.66. The van der Waals surface area contributed by atoms with E-state index < -0.39 is 0 Å². The van der Waals surface area contributed by atoms with Gasteiger partial charge in [-0.1, -0.05) is 48.0 Å². The summed E-state index contributed by atoms with van der Waals surface area (Å²) in [6.07, 6.45) is 0. The fourth-order valence-electron chi connectivity index (χ4n) is 3.43. The van der Waals surface area contributed by atoms with Crippen molar-refractivity contribution in [3.63, 3.8) is 0 Å². The monoisotopic (exact) mass is 474 g/mol. The smallest absolute Gasteiger partial charge is 0.255 e. The fraction of sp³-hybridized carbons (Fsp3) is 0.115. The molecule has 34 heavy (non-hydrogen) atoms. The average molecular weight is 475 g/mol. The molecule has 0 unspecified atom stereocenters. The summed E-state index contributed by atoms with van der Waals surface area (Å²) in [5.74, 6) is 1.82. The van der Waals surface area contributed by atoms with Gasteiger partial charge in [-0.3, -0.25) is 4.79 Å². The largest absolute Gasteiger partial charge is 0.495 e. The number of halogens is 1. The number of amides is 1. The second-order valence-electron chi connectivity index (χ2n) is 7.40. The molecule has 7 nitrogen and oxygen atoms in total. The van der Waals surface area contributed by atoms with Crippen LogP contribution >= 0.6 is 11.6 Å². The molecular weight excluding hydrogens is 452 g/mol. The second kappa shape index (κ2) is 10.2. The lowest BCUT2D eigenvalue weighted by Gasteiger charge is -2.14. The first kappa shape index (κ1) is 23.1. The highest BCUT2D eigenvalue weighted by atomic mass is 35.5. The predicted octanol–water partition coefficient (Wildman–Crippen LogP) is 6.12. The molecule has 0 aliphatic carbocycles. The molecule has 0 aliphatic heterocycles. The second-order valence-corrected chi connectivity index (χ2v) is 7.81. The number of nitrogens with zero attached hydrogens (tertiary/aromatic N) is 2. The topological polar surface area (TPSA) is 85.4 Å². The Morgan fingerprint density at radius 1 is 0.882 bits per heavy atom. The molecule has 2 N–H and O–H groups in total. The van der Waals surface area contributed by atoms with Gasteiger partial charge in [0.15, 0.2) is 0 Å². The number of benzene rings is 3. The molecule has 4 aromatic rings. The zero-order valence-electron chi connectivity index (χ0n) is 18.9. The summed E-state index contributed by atoms with van der Waals surface area (Å²) in [5, 5.41) is 6.51. The molecule has 0 bridgehead atoms. The van der Waals surface area contributed by atoms with Gasteiger partial charge in [0.1, 0.15) is 23.1 Å². The van der Waals surface area contributed by atoms with E-state index in [4.69, 9.17) is 21.1 Å². The number of aryl methyl sites for hydroxylation is 1. The maximum atomic E-state index is 13.0. The van der Waals surface area contributed by atoms with Gasteiger partial charge in [0.05, 0.1) is 30.6 Å². The Hall–Kier alpha value is -4.10. The van der Waals surface area contributed by atoms with Gasteiger partial charge in [-0.2, -0.15) is 0 Å². The van der Waals surface area contributed by atoms with Crippen LogP contribution in [0.2, 0.25) is 5.02 Å². The lowest BCUT2D eigenvalue weighted by Crippen LogP contribution is -2.13. The normalized spacial score (nSPS) is 10.5. The maximum Gasteiger partial charge on any atom is 0.255 e. The number of carbonyl (C=O) groups is 1. The van der Waals surface area contributed by atoms with Crippen molar-refractivity contribution in [3.05, 3.63) is 89.2 Å². The molecule has 1 aromatic heterocycles. The number of nitrogens with one attached hydrogen (secondary N) is 2. The van der Waals surface area contributed by atoms with Crippen LogP contribution in [0.15, 0.2) is 72.8 Å². The third-order valence-electron chi connectivity index (χ3n) is 5.03. The van der Waals surface area contributed by atoms with Gasteiger partial charge in [0, 0.05) is 35.0 Å². The van der Waals surface area contributed by atoms with E-state index in [0.717, 1.165) is 11.3 Å². The molecule has 1 amide bonds. The Morgan fingerprint density at radius 2 is 1.65 bits per heavy atom. The van der Waals surface area contributed by atoms with Gasteiger partial charge in [-0.15, -0.1) is 0 Å². The van der Waals surface area contributed by atoms with Crippen LogP contribution in [0.3, 0.4) is 0 Å². The van der Waals surface area contributed by atoms with Crippen molar-refractivity contribution in [1.82, 2.24) is 9.97 Å². The molecule has 0 spiro atoms.